The minimum absolute atomic E-state index is 0.566. The summed E-state index contributed by atoms with van der Waals surface area (Å²) in [4.78, 5) is 5.45. The third kappa shape index (κ3) is 5.04. The highest BCUT2D eigenvalue weighted by Crippen LogP contribution is 2.55. The number of benzene rings is 1. The van der Waals surface area contributed by atoms with Gasteiger partial charge in [0.05, 0.1) is 6.26 Å². The quantitative estimate of drug-likeness (QED) is 0.663. The number of hydrogen-bond donors (Lipinski definition) is 1. The topological polar surface area (TPSA) is 61.9 Å². The SMILES string of the molecule is CS(=O)(=O)Nc1ccc(OCCN2CC3CN(CC4CC4)CC(C2)C32CCCC2)cc1. The molecule has 2 aliphatic heterocycles. The number of hydrogen-bond acceptors (Lipinski definition) is 5. The van der Waals surface area contributed by atoms with Crippen molar-refractivity contribution in [2.24, 2.45) is 23.2 Å². The molecule has 2 bridgehead atoms. The second-order valence-corrected chi connectivity index (χ2v) is 12.3. The van der Waals surface area contributed by atoms with Crippen LogP contribution in [0, 0.1) is 23.2 Å². The highest BCUT2D eigenvalue weighted by molar-refractivity contribution is 7.92. The molecule has 1 N–H and O–H groups in total. The molecule has 2 saturated carbocycles. The fraction of sp³-hybridized carbons (Fsp3) is 0.750. The molecular formula is C24H37N3O3S. The van der Waals surface area contributed by atoms with E-state index in [4.69, 9.17) is 4.74 Å². The fourth-order valence-corrected chi connectivity index (χ4v) is 7.11. The summed E-state index contributed by atoms with van der Waals surface area (Å²) in [7, 11) is -3.25. The first-order valence-electron chi connectivity index (χ1n) is 12.0. The second-order valence-electron chi connectivity index (χ2n) is 10.5. The van der Waals surface area contributed by atoms with Gasteiger partial charge in [-0.2, -0.15) is 0 Å². The monoisotopic (exact) mass is 447 g/mol. The average Bonchev–Trinajstić information content (AvgIpc) is 3.38. The number of rotatable bonds is 8. The summed E-state index contributed by atoms with van der Waals surface area (Å²) in [6, 6.07) is 7.17. The minimum Gasteiger partial charge on any atom is -0.492 e. The molecule has 1 spiro atoms. The summed E-state index contributed by atoms with van der Waals surface area (Å²) in [5.74, 6) is 3.42. The Labute approximate surface area is 187 Å². The molecule has 172 valence electrons. The maximum Gasteiger partial charge on any atom is 0.229 e. The number of nitrogens with zero attached hydrogens (tertiary/aromatic N) is 2. The predicted molar refractivity (Wildman–Crippen MR) is 124 cm³/mol. The molecule has 0 aromatic heterocycles. The van der Waals surface area contributed by atoms with Gasteiger partial charge in [0, 0.05) is 45.0 Å². The Kier molecular flexibility index (Phi) is 5.95. The van der Waals surface area contributed by atoms with Gasteiger partial charge in [-0.15, -0.1) is 0 Å². The zero-order valence-corrected chi connectivity index (χ0v) is 19.6. The number of nitrogens with one attached hydrogen (secondary N) is 1. The largest absolute Gasteiger partial charge is 0.492 e. The lowest BCUT2D eigenvalue weighted by Crippen LogP contribution is -2.63. The van der Waals surface area contributed by atoms with Gasteiger partial charge in [-0.25, -0.2) is 8.42 Å². The van der Waals surface area contributed by atoms with Crippen molar-refractivity contribution < 1.29 is 13.2 Å². The summed E-state index contributed by atoms with van der Waals surface area (Å²) >= 11 is 0. The average molecular weight is 448 g/mol. The molecule has 4 fully saturated rings. The first kappa shape index (κ1) is 21.5. The summed E-state index contributed by atoms with van der Waals surface area (Å²) in [5, 5.41) is 0. The van der Waals surface area contributed by atoms with Crippen molar-refractivity contribution in [2.45, 2.75) is 38.5 Å². The molecule has 1 aromatic rings. The van der Waals surface area contributed by atoms with Crippen molar-refractivity contribution in [1.29, 1.82) is 0 Å². The van der Waals surface area contributed by atoms with Crippen LogP contribution in [0.1, 0.15) is 38.5 Å². The summed E-state index contributed by atoms with van der Waals surface area (Å²) in [6.07, 6.45) is 9.84. The highest BCUT2D eigenvalue weighted by atomic mass is 32.2. The lowest BCUT2D eigenvalue weighted by atomic mass is 9.60. The molecule has 0 amide bonds. The van der Waals surface area contributed by atoms with Crippen LogP contribution in [0.5, 0.6) is 5.75 Å². The first-order chi connectivity index (χ1) is 14.9. The van der Waals surface area contributed by atoms with E-state index >= 15 is 0 Å². The van der Waals surface area contributed by atoms with Gasteiger partial charge >= 0.3 is 0 Å². The number of likely N-dealkylation sites (tertiary alicyclic amines) is 2. The Morgan fingerprint density at radius 2 is 1.61 bits per heavy atom. The normalized spacial score (nSPS) is 28.7. The van der Waals surface area contributed by atoms with Gasteiger partial charge in [0.15, 0.2) is 0 Å². The lowest BCUT2D eigenvalue weighted by Gasteiger charge is -2.57. The molecule has 2 heterocycles. The van der Waals surface area contributed by atoms with E-state index in [1.54, 1.807) is 12.1 Å². The second kappa shape index (κ2) is 8.56. The summed E-state index contributed by atoms with van der Waals surface area (Å²) in [6.45, 7) is 8.04. The van der Waals surface area contributed by atoms with E-state index < -0.39 is 10.0 Å². The Morgan fingerprint density at radius 3 is 2.19 bits per heavy atom. The van der Waals surface area contributed by atoms with Crippen LogP contribution in [0.2, 0.25) is 0 Å². The van der Waals surface area contributed by atoms with Gasteiger partial charge in [-0.05, 0) is 73.1 Å². The molecule has 2 unspecified atom stereocenters. The van der Waals surface area contributed by atoms with Crippen LogP contribution in [0.4, 0.5) is 5.69 Å². The third-order valence-electron chi connectivity index (χ3n) is 8.12. The molecule has 31 heavy (non-hydrogen) atoms. The van der Waals surface area contributed by atoms with E-state index in [0.717, 1.165) is 36.3 Å². The van der Waals surface area contributed by atoms with Crippen molar-refractivity contribution in [1.82, 2.24) is 9.80 Å². The van der Waals surface area contributed by atoms with Gasteiger partial charge in [0.2, 0.25) is 10.0 Å². The molecule has 0 radical (unpaired) electrons. The van der Waals surface area contributed by atoms with Crippen molar-refractivity contribution in [3.63, 3.8) is 0 Å². The number of sulfonamides is 1. The summed E-state index contributed by atoms with van der Waals surface area (Å²) in [5.41, 5.74) is 1.19. The van der Waals surface area contributed by atoms with Crippen molar-refractivity contribution in [3.05, 3.63) is 24.3 Å². The Balaban J connectivity index is 1.14. The minimum atomic E-state index is -3.25. The van der Waals surface area contributed by atoms with Crippen LogP contribution in [-0.4, -0.2) is 70.3 Å². The van der Waals surface area contributed by atoms with Gasteiger partial charge in [-0.3, -0.25) is 9.62 Å². The van der Waals surface area contributed by atoms with Crippen LogP contribution in [0.25, 0.3) is 0 Å². The van der Waals surface area contributed by atoms with Crippen molar-refractivity contribution >= 4 is 15.7 Å². The molecule has 2 aliphatic carbocycles. The highest BCUT2D eigenvalue weighted by Gasteiger charge is 2.54. The van der Waals surface area contributed by atoms with E-state index in [1.807, 2.05) is 12.1 Å². The third-order valence-corrected chi connectivity index (χ3v) is 8.73. The predicted octanol–water partition coefficient (Wildman–Crippen LogP) is 3.27. The summed E-state index contributed by atoms with van der Waals surface area (Å²) < 4.78 is 31.1. The Hall–Kier alpha value is -1.31. The van der Waals surface area contributed by atoms with Crippen LogP contribution in [0.15, 0.2) is 24.3 Å². The number of ether oxygens (including phenoxy) is 1. The molecule has 2 atom stereocenters. The number of piperidine rings is 2. The van der Waals surface area contributed by atoms with E-state index in [2.05, 4.69) is 14.5 Å². The van der Waals surface area contributed by atoms with Crippen LogP contribution in [-0.2, 0) is 10.0 Å². The molecule has 4 aliphatic rings. The standard InChI is InChI=1S/C24H37N3O3S/c1-31(28,29)25-22-6-8-23(9-7-22)30-13-12-26-15-20-17-27(14-19-4-5-19)18-21(16-26)24(20)10-2-3-11-24/h6-9,19-21,25H,2-5,10-18H2,1H3. The Morgan fingerprint density at radius 1 is 1.00 bits per heavy atom. The van der Waals surface area contributed by atoms with E-state index in [1.165, 1.54) is 71.2 Å². The molecule has 1 aromatic carbocycles. The molecule has 6 nitrogen and oxygen atoms in total. The van der Waals surface area contributed by atoms with Crippen LogP contribution < -0.4 is 9.46 Å². The zero-order chi connectivity index (χ0) is 21.5. The smallest absolute Gasteiger partial charge is 0.229 e. The molecule has 7 heteroatoms. The van der Waals surface area contributed by atoms with Crippen molar-refractivity contribution in [2.75, 3.05) is 56.9 Å². The van der Waals surface area contributed by atoms with Gasteiger partial charge in [0.25, 0.3) is 0 Å². The maximum atomic E-state index is 11.3. The molecule has 5 rings (SSSR count). The van der Waals surface area contributed by atoms with Gasteiger partial charge < -0.3 is 9.64 Å². The zero-order valence-electron chi connectivity index (χ0n) is 18.8. The molecule has 2 saturated heterocycles. The van der Waals surface area contributed by atoms with Gasteiger partial charge in [0.1, 0.15) is 12.4 Å². The van der Waals surface area contributed by atoms with Crippen molar-refractivity contribution in [3.8, 4) is 5.75 Å². The Bertz CT molecular complexity index is 845. The lowest BCUT2D eigenvalue weighted by molar-refractivity contribution is -0.0910. The van der Waals surface area contributed by atoms with Gasteiger partial charge in [-0.1, -0.05) is 12.8 Å². The maximum absolute atomic E-state index is 11.3. The van der Waals surface area contributed by atoms with E-state index in [-0.39, 0.29) is 0 Å². The molecular weight excluding hydrogens is 410 g/mol. The number of anilines is 1. The fourth-order valence-electron chi connectivity index (χ4n) is 6.54. The van der Waals surface area contributed by atoms with Crippen LogP contribution in [0.3, 0.4) is 0 Å². The van der Waals surface area contributed by atoms with E-state index in [9.17, 15) is 8.42 Å². The first-order valence-corrected chi connectivity index (χ1v) is 13.9. The van der Waals surface area contributed by atoms with Crippen LogP contribution >= 0.6 is 0 Å². The van der Waals surface area contributed by atoms with E-state index in [0.29, 0.717) is 17.7 Å².